The number of benzene rings is 3. The Kier molecular flexibility index (Phi) is 5.74. The minimum Gasteiger partial charge on any atom is -0.322 e. The lowest BCUT2D eigenvalue weighted by Crippen LogP contribution is -2.16. The number of pyridine rings is 1. The summed E-state index contributed by atoms with van der Waals surface area (Å²) in [6, 6.07) is 17.1. The van der Waals surface area contributed by atoms with Crippen molar-refractivity contribution in [2.24, 2.45) is 0 Å². The molecule has 0 unspecified atom stereocenters. The van der Waals surface area contributed by atoms with Crippen molar-refractivity contribution >= 4 is 45.7 Å². The van der Waals surface area contributed by atoms with Crippen molar-refractivity contribution in [1.29, 1.82) is 0 Å². The fourth-order valence-electron chi connectivity index (χ4n) is 3.91. The lowest BCUT2D eigenvalue weighted by Gasteiger charge is -2.17. The van der Waals surface area contributed by atoms with E-state index in [4.69, 9.17) is 28.2 Å². The topological polar surface area (TPSA) is 42.0 Å². The molecule has 0 aliphatic heterocycles. The Labute approximate surface area is 192 Å². The smallest absolute Gasteiger partial charge is 0.256 e. The number of rotatable bonds is 3. The van der Waals surface area contributed by atoms with Gasteiger partial charge in [-0.05, 0) is 74.7 Å². The molecule has 0 aliphatic rings. The summed E-state index contributed by atoms with van der Waals surface area (Å²) in [5.41, 5.74) is 7.67. The third kappa shape index (κ3) is 4.16. The van der Waals surface area contributed by atoms with Crippen LogP contribution in [0.4, 0.5) is 5.69 Å². The van der Waals surface area contributed by atoms with Crippen molar-refractivity contribution in [2.75, 3.05) is 5.32 Å². The summed E-state index contributed by atoms with van der Waals surface area (Å²) in [5.74, 6) is -0.185. The quantitative estimate of drug-likeness (QED) is 0.348. The fourth-order valence-corrected chi connectivity index (χ4v) is 4.21. The first kappa shape index (κ1) is 21.4. The molecule has 1 heterocycles. The number of aromatic nitrogens is 1. The summed E-state index contributed by atoms with van der Waals surface area (Å²) in [6.07, 6.45) is 0. The van der Waals surface area contributed by atoms with Gasteiger partial charge in [0.05, 0.1) is 16.8 Å². The lowest BCUT2D eigenvalue weighted by atomic mass is 9.94. The van der Waals surface area contributed by atoms with Gasteiger partial charge in [0.1, 0.15) is 0 Å². The minimum atomic E-state index is -0.185. The molecule has 1 N–H and O–H groups in total. The van der Waals surface area contributed by atoms with E-state index in [1.54, 1.807) is 6.07 Å². The number of nitrogens with one attached hydrogen (secondary N) is 1. The standard InChI is InChI=1S/C26H22Cl2N2O/c1-14-11-16(3)24-21(12-14)23(26(31)29-22-13-20(28)8-5-15(22)2)17(4)25(30-24)18-6-9-19(27)10-7-18/h5-13H,1-4H3,(H,29,31). The van der Waals surface area contributed by atoms with Crippen LogP contribution in [0, 0.1) is 27.7 Å². The highest BCUT2D eigenvalue weighted by Crippen LogP contribution is 2.33. The van der Waals surface area contributed by atoms with Crippen LogP contribution in [-0.4, -0.2) is 10.9 Å². The summed E-state index contributed by atoms with van der Waals surface area (Å²) in [5, 5.41) is 5.12. The third-order valence-corrected chi connectivity index (χ3v) is 5.95. The molecule has 0 bridgehead atoms. The average molecular weight is 449 g/mol. The number of hydrogen-bond donors (Lipinski definition) is 1. The van der Waals surface area contributed by atoms with Crippen molar-refractivity contribution in [1.82, 2.24) is 4.98 Å². The second-order valence-corrected chi connectivity index (χ2v) is 8.73. The van der Waals surface area contributed by atoms with Crippen LogP contribution < -0.4 is 5.32 Å². The highest BCUT2D eigenvalue weighted by molar-refractivity contribution is 6.31. The molecule has 4 rings (SSSR count). The second-order valence-electron chi connectivity index (χ2n) is 7.86. The van der Waals surface area contributed by atoms with E-state index in [2.05, 4.69) is 11.4 Å². The van der Waals surface area contributed by atoms with Gasteiger partial charge in [0.2, 0.25) is 0 Å². The van der Waals surface area contributed by atoms with Gasteiger partial charge < -0.3 is 5.32 Å². The zero-order valence-corrected chi connectivity index (χ0v) is 19.3. The van der Waals surface area contributed by atoms with E-state index < -0.39 is 0 Å². The van der Waals surface area contributed by atoms with Gasteiger partial charge in [0.25, 0.3) is 5.91 Å². The molecule has 0 atom stereocenters. The minimum absolute atomic E-state index is 0.185. The number of fused-ring (bicyclic) bond motifs is 1. The molecule has 3 aromatic carbocycles. The van der Waals surface area contributed by atoms with Gasteiger partial charge in [0, 0.05) is 26.7 Å². The van der Waals surface area contributed by atoms with Gasteiger partial charge >= 0.3 is 0 Å². The first-order valence-corrected chi connectivity index (χ1v) is 10.7. The lowest BCUT2D eigenvalue weighted by molar-refractivity contribution is 0.102. The Hall–Kier alpha value is -2.88. The molecule has 1 aromatic heterocycles. The Bertz CT molecular complexity index is 1330. The summed E-state index contributed by atoms with van der Waals surface area (Å²) < 4.78 is 0. The Morgan fingerprint density at radius 3 is 2.23 bits per heavy atom. The number of anilines is 1. The van der Waals surface area contributed by atoms with Crippen molar-refractivity contribution < 1.29 is 4.79 Å². The van der Waals surface area contributed by atoms with Crippen LogP contribution in [0.5, 0.6) is 0 Å². The number of nitrogens with zero attached hydrogens (tertiary/aromatic N) is 1. The summed E-state index contributed by atoms with van der Waals surface area (Å²) in [6.45, 7) is 7.93. The third-order valence-electron chi connectivity index (χ3n) is 5.46. The van der Waals surface area contributed by atoms with Gasteiger partial charge in [0.15, 0.2) is 0 Å². The van der Waals surface area contributed by atoms with Gasteiger partial charge in [-0.2, -0.15) is 0 Å². The van der Waals surface area contributed by atoms with E-state index in [0.717, 1.165) is 44.4 Å². The summed E-state index contributed by atoms with van der Waals surface area (Å²) >= 11 is 12.2. The van der Waals surface area contributed by atoms with Crippen molar-refractivity contribution in [3.05, 3.63) is 92.5 Å². The first-order chi connectivity index (χ1) is 14.7. The van der Waals surface area contributed by atoms with Crippen molar-refractivity contribution in [3.8, 4) is 11.3 Å². The zero-order chi connectivity index (χ0) is 22.3. The van der Waals surface area contributed by atoms with Gasteiger partial charge in [-0.1, -0.05) is 53.0 Å². The Morgan fingerprint density at radius 2 is 1.52 bits per heavy atom. The normalized spacial score (nSPS) is 11.0. The van der Waals surface area contributed by atoms with Crippen LogP contribution in [0.25, 0.3) is 22.2 Å². The van der Waals surface area contributed by atoms with Crippen LogP contribution in [0.15, 0.2) is 54.6 Å². The SMILES string of the molecule is Cc1cc(C)c2nc(-c3ccc(Cl)cc3)c(C)c(C(=O)Nc3cc(Cl)ccc3C)c2c1. The maximum absolute atomic E-state index is 13.6. The molecular formula is C26H22Cl2N2O. The average Bonchev–Trinajstić information content (AvgIpc) is 2.71. The molecule has 3 nitrogen and oxygen atoms in total. The summed E-state index contributed by atoms with van der Waals surface area (Å²) in [4.78, 5) is 18.5. The largest absolute Gasteiger partial charge is 0.322 e. The molecule has 0 aliphatic carbocycles. The zero-order valence-electron chi connectivity index (χ0n) is 17.8. The summed E-state index contributed by atoms with van der Waals surface area (Å²) in [7, 11) is 0. The molecule has 0 fully saturated rings. The van der Waals surface area contributed by atoms with Crippen LogP contribution >= 0.6 is 23.2 Å². The number of amides is 1. The highest BCUT2D eigenvalue weighted by atomic mass is 35.5. The van der Waals surface area contributed by atoms with E-state index >= 15 is 0 Å². The number of carbonyl (C=O) groups excluding carboxylic acids is 1. The van der Waals surface area contributed by atoms with Gasteiger partial charge in [-0.15, -0.1) is 0 Å². The number of aryl methyl sites for hydroxylation is 3. The maximum Gasteiger partial charge on any atom is 0.256 e. The van der Waals surface area contributed by atoms with Crippen LogP contribution in [0.1, 0.15) is 32.6 Å². The highest BCUT2D eigenvalue weighted by Gasteiger charge is 2.21. The molecule has 0 spiro atoms. The predicted molar refractivity (Wildman–Crippen MR) is 131 cm³/mol. The van der Waals surface area contributed by atoms with Crippen LogP contribution in [-0.2, 0) is 0 Å². The van der Waals surface area contributed by atoms with Crippen molar-refractivity contribution in [2.45, 2.75) is 27.7 Å². The van der Waals surface area contributed by atoms with E-state index in [1.165, 1.54) is 0 Å². The molecule has 0 radical (unpaired) electrons. The molecule has 1 amide bonds. The molecular weight excluding hydrogens is 427 g/mol. The van der Waals surface area contributed by atoms with E-state index in [9.17, 15) is 4.79 Å². The number of carbonyl (C=O) groups is 1. The van der Waals surface area contributed by atoms with Gasteiger partial charge in [-0.25, -0.2) is 4.98 Å². The first-order valence-electron chi connectivity index (χ1n) is 9.99. The van der Waals surface area contributed by atoms with Crippen LogP contribution in [0.2, 0.25) is 10.0 Å². The van der Waals surface area contributed by atoms with Crippen molar-refractivity contribution in [3.63, 3.8) is 0 Å². The second kappa shape index (κ2) is 8.33. The number of halogens is 2. The molecule has 0 saturated carbocycles. The molecule has 4 aromatic rings. The monoisotopic (exact) mass is 448 g/mol. The molecule has 31 heavy (non-hydrogen) atoms. The fraction of sp³-hybridized carbons (Fsp3) is 0.154. The van der Waals surface area contributed by atoms with Crippen LogP contribution in [0.3, 0.4) is 0 Å². The molecule has 156 valence electrons. The maximum atomic E-state index is 13.6. The van der Waals surface area contributed by atoms with E-state index in [0.29, 0.717) is 21.3 Å². The van der Waals surface area contributed by atoms with E-state index in [1.807, 2.05) is 70.2 Å². The van der Waals surface area contributed by atoms with E-state index in [-0.39, 0.29) is 5.91 Å². The predicted octanol–water partition coefficient (Wildman–Crippen LogP) is 7.69. The molecule has 0 saturated heterocycles. The molecule has 5 heteroatoms. The van der Waals surface area contributed by atoms with Gasteiger partial charge in [-0.3, -0.25) is 4.79 Å². The Balaban J connectivity index is 1.95. The Morgan fingerprint density at radius 1 is 0.839 bits per heavy atom. The number of hydrogen-bond acceptors (Lipinski definition) is 2.